The summed E-state index contributed by atoms with van der Waals surface area (Å²) in [6.07, 6.45) is 0. The van der Waals surface area contributed by atoms with Crippen LogP contribution in [-0.4, -0.2) is 79.5 Å². The van der Waals surface area contributed by atoms with Crippen molar-refractivity contribution in [2.75, 3.05) is 53.0 Å². The molecule has 1 saturated heterocycles. The lowest BCUT2D eigenvalue weighted by Gasteiger charge is -2.34. The zero-order chi connectivity index (χ0) is 22.9. The third-order valence-corrected chi connectivity index (χ3v) is 5.18. The van der Waals surface area contributed by atoms with Gasteiger partial charge >= 0.3 is 5.69 Å². The van der Waals surface area contributed by atoms with Crippen LogP contribution in [0.25, 0.3) is 0 Å². The maximum Gasteiger partial charge on any atom is 0.311 e. The maximum absolute atomic E-state index is 12.5. The Hall–Kier alpha value is -3.66. The number of nitrogens with zero attached hydrogens (tertiary/aromatic N) is 3. The summed E-state index contributed by atoms with van der Waals surface area (Å²) in [6.45, 7) is 3.74. The summed E-state index contributed by atoms with van der Waals surface area (Å²) in [6, 6.07) is 13.5. The molecule has 0 aliphatic carbocycles. The molecule has 10 heteroatoms. The number of nitro benzene ring substituents is 1. The molecule has 0 saturated carbocycles. The second-order valence-electron chi connectivity index (χ2n) is 7.21. The molecule has 3 rings (SSSR count). The fraction of sp³-hybridized carbons (Fsp3) is 0.364. The van der Waals surface area contributed by atoms with Crippen molar-refractivity contribution in [1.29, 1.82) is 0 Å². The number of para-hydroxylation sites is 1. The Morgan fingerprint density at radius 2 is 1.81 bits per heavy atom. The van der Waals surface area contributed by atoms with Crippen molar-refractivity contribution in [2.24, 2.45) is 0 Å². The predicted molar refractivity (Wildman–Crippen MR) is 117 cm³/mol. The highest BCUT2D eigenvalue weighted by Gasteiger charge is 2.22. The van der Waals surface area contributed by atoms with Gasteiger partial charge in [0, 0.05) is 44.4 Å². The van der Waals surface area contributed by atoms with Crippen LogP contribution in [0.5, 0.6) is 11.5 Å². The predicted octanol–water partition coefficient (Wildman–Crippen LogP) is 1.56. The van der Waals surface area contributed by atoms with Gasteiger partial charge in [-0.2, -0.15) is 0 Å². The molecule has 0 aromatic heterocycles. The highest BCUT2D eigenvalue weighted by molar-refractivity contribution is 5.97. The molecule has 0 spiro atoms. The second kappa shape index (κ2) is 11.1. The van der Waals surface area contributed by atoms with Crippen LogP contribution in [0.1, 0.15) is 10.4 Å². The highest BCUT2D eigenvalue weighted by atomic mass is 16.6. The Balaban J connectivity index is 1.41. The largest absolute Gasteiger partial charge is 0.492 e. The lowest BCUT2D eigenvalue weighted by atomic mass is 10.1. The summed E-state index contributed by atoms with van der Waals surface area (Å²) in [5, 5.41) is 13.7. The number of nitrogens with one attached hydrogen (secondary N) is 1. The molecule has 0 bridgehead atoms. The van der Waals surface area contributed by atoms with E-state index in [1.54, 1.807) is 4.90 Å². The van der Waals surface area contributed by atoms with Crippen LogP contribution in [0.15, 0.2) is 48.5 Å². The van der Waals surface area contributed by atoms with Gasteiger partial charge in [0.05, 0.1) is 18.6 Å². The van der Waals surface area contributed by atoms with E-state index in [1.165, 1.54) is 19.2 Å². The van der Waals surface area contributed by atoms with Crippen molar-refractivity contribution < 1.29 is 24.0 Å². The van der Waals surface area contributed by atoms with E-state index in [0.29, 0.717) is 19.7 Å². The molecule has 1 heterocycles. The molecular formula is C22H26N4O6. The number of carbonyl (C=O) groups is 2. The molecule has 2 aromatic rings. The molecule has 0 radical (unpaired) electrons. The minimum absolute atomic E-state index is 0.0645. The lowest BCUT2D eigenvalue weighted by molar-refractivity contribution is -0.385. The van der Waals surface area contributed by atoms with Gasteiger partial charge in [-0.15, -0.1) is 0 Å². The minimum atomic E-state index is -0.620. The molecular weight excluding hydrogens is 416 g/mol. The van der Waals surface area contributed by atoms with Gasteiger partial charge in [0.15, 0.2) is 5.75 Å². The van der Waals surface area contributed by atoms with Crippen molar-refractivity contribution >= 4 is 17.5 Å². The Kier molecular flexibility index (Phi) is 7.98. The van der Waals surface area contributed by atoms with Crippen LogP contribution in [0.4, 0.5) is 5.69 Å². The van der Waals surface area contributed by atoms with E-state index >= 15 is 0 Å². The first kappa shape index (κ1) is 23.0. The second-order valence-corrected chi connectivity index (χ2v) is 7.21. The number of amides is 2. The van der Waals surface area contributed by atoms with Gasteiger partial charge in [0.25, 0.3) is 5.91 Å². The fourth-order valence-corrected chi connectivity index (χ4v) is 3.37. The summed E-state index contributed by atoms with van der Waals surface area (Å²) >= 11 is 0. The maximum atomic E-state index is 12.5. The molecule has 2 aromatic carbocycles. The summed E-state index contributed by atoms with van der Waals surface area (Å²) < 4.78 is 10.6. The molecule has 1 aliphatic rings. The molecule has 2 amide bonds. The van der Waals surface area contributed by atoms with Crippen molar-refractivity contribution in [3.05, 3.63) is 64.2 Å². The number of nitro groups is 1. The zero-order valence-corrected chi connectivity index (χ0v) is 17.9. The monoisotopic (exact) mass is 442 g/mol. The molecule has 1 fully saturated rings. The van der Waals surface area contributed by atoms with Gasteiger partial charge in [0.2, 0.25) is 5.91 Å². The molecule has 1 aliphatic heterocycles. The number of hydrogen-bond donors (Lipinski definition) is 1. The number of methoxy groups -OCH3 is 1. The number of ether oxygens (including phenoxy) is 2. The van der Waals surface area contributed by atoms with Crippen LogP contribution in [0.3, 0.4) is 0 Å². The Morgan fingerprint density at radius 1 is 1.09 bits per heavy atom. The van der Waals surface area contributed by atoms with Gasteiger partial charge in [-0.3, -0.25) is 24.6 Å². The number of benzene rings is 2. The van der Waals surface area contributed by atoms with E-state index < -0.39 is 10.8 Å². The van der Waals surface area contributed by atoms with Gasteiger partial charge in [-0.1, -0.05) is 18.2 Å². The summed E-state index contributed by atoms with van der Waals surface area (Å²) in [5.41, 5.74) is -0.215. The van der Waals surface area contributed by atoms with Gasteiger partial charge in [-0.05, 0) is 24.3 Å². The summed E-state index contributed by atoms with van der Waals surface area (Å²) in [4.78, 5) is 39.2. The molecule has 0 unspecified atom stereocenters. The normalized spacial score (nSPS) is 14.0. The molecule has 0 atom stereocenters. The van der Waals surface area contributed by atoms with E-state index in [0.717, 1.165) is 31.5 Å². The van der Waals surface area contributed by atoms with Crippen LogP contribution in [-0.2, 0) is 4.79 Å². The van der Waals surface area contributed by atoms with Gasteiger partial charge in [0.1, 0.15) is 12.4 Å². The minimum Gasteiger partial charge on any atom is -0.492 e. The first-order chi connectivity index (χ1) is 15.5. The first-order valence-corrected chi connectivity index (χ1v) is 10.3. The third-order valence-electron chi connectivity index (χ3n) is 5.18. The zero-order valence-electron chi connectivity index (χ0n) is 17.9. The number of rotatable bonds is 9. The van der Waals surface area contributed by atoms with E-state index in [1.807, 2.05) is 30.3 Å². The lowest BCUT2D eigenvalue weighted by Crippen LogP contribution is -2.51. The van der Waals surface area contributed by atoms with Gasteiger partial charge in [-0.25, -0.2) is 0 Å². The summed E-state index contributed by atoms with van der Waals surface area (Å²) in [5.74, 6) is 0.149. The molecule has 10 nitrogen and oxygen atoms in total. The van der Waals surface area contributed by atoms with Crippen molar-refractivity contribution in [1.82, 2.24) is 15.1 Å². The number of hydrogen-bond acceptors (Lipinski definition) is 7. The Bertz CT molecular complexity index is 945. The average molecular weight is 442 g/mol. The average Bonchev–Trinajstić information content (AvgIpc) is 2.83. The molecule has 32 heavy (non-hydrogen) atoms. The van der Waals surface area contributed by atoms with Crippen LogP contribution >= 0.6 is 0 Å². The van der Waals surface area contributed by atoms with Gasteiger partial charge < -0.3 is 19.7 Å². The van der Waals surface area contributed by atoms with Crippen molar-refractivity contribution in [3.63, 3.8) is 0 Å². The third kappa shape index (κ3) is 6.17. The number of piperazine rings is 1. The van der Waals surface area contributed by atoms with Crippen LogP contribution < -0.4 is 14.8 Å². The van der Waals surface area contributed by atoms with E-state index in [9.17, 15) is 19.7 Å². The molecule has 170 valence electrons. The van der Waals surface area contributed by atoms with Crippen LogP contribution in [0.2, 0.25) is 0 Å². The smallest absolute Gasteiger partial charge is 0.311 e. The highest BCUT2D eigenvalue weighted by Crippen LogP contribution is 2.27. The SMILES string of the molecule is COc1ccc(C(=O)NCC(=O)N2CCN(CCOc3ccccc3)CC2)cc1[N+](=O)[O-]. The molecule has 1 N–H and O–H groups in total. The van der Waals surface area contributed by atoms with Crippen molar-refractivity contribution in [3.8, 4) is 11.5 Å². The standard InChI is InChI=1S/C22H26N4O6/c1-31-20-8-7-17(15-19(20)26(29)30)22(28)23-16-21(27)25-11-9-24(10-12-25)13-14-32-18-5-3-2-4-6-18/h2-8,15H,9-14,16H2,1H3,(H,23,28). The Labute approximate surface area is 185 Å². The summed E-state index contributed by atoms with van der Waals surface area (Å²) in [7, 11) is 1.32. The first-order valence-electron chi connectivity index (χ1n) is 10.3. The Morgan fingerprint density at radius 3 is 2.47 bits per heavy atom. The van der Waals surface area contributed by atoms with E-state index in [2.05, 4.69) is 10.2 Å². The van der Waals surface area contributed by atoms with E-state index in [-0.39, 0.29) is 29.5 Å². The van der Waals surface area contributed by atoms with E-state index in [4.69, 9.17) is 9.47 Å². The fourth-order valence-electron chi connectivity index (χ4n) is 3.37. The van der Waals surface area contributed by atoms with Crippen molar-refractivity contribution in [2.45, 2.75) is 0 Å². The number of carbonyl (C=O) groups excluding carboxylic acids is 2. The quantitative estimate of drug-likeness (QED) is 0.463. The van der Waals surface area contributed by atoms with Crippen LogP contribution in [0, 0.1) is 10.1 Å². The topological polar surface area (TPSA) is 114 Å².